The van der Waals surface area contributed by atoms with Crippen LogP contribution in [-0.4, -0.2) is 17.6 Å². The van der Waals surface area contributed by atoms with Crippen molar-refractivity contribution in [2.75, 3.05) is 11.9 Å². The average Bonchev–Trinajstić information content (AvgIpc) is 2.63. The van der Waals surface area contributed by atoms with E-state index in [4.69, 9.17) is 5.11 Å². The van der Waals surface area contributed by atoms with E-state index in [-0.39, 0.29) is 0 Å². The lowest BCUT2D eigenvalue weighted by molar-refractivity contribution is -0.138. The maximum Gasteiger partial charge on any atom is 0.310 e. The van der Waals surface area contributed by atoms with Gasteiger partial charge in [0.2, 0.25) is 0 Å². The van der Waals surface area contributed by atoms with Gasteiger partial charge >= 0.3 is 5.97 Å². The maximum absolute atomic E-state index is 10.9. The summed E-state index contributed by atoms with van der Waals surface area (Å²) >= 11 is 0. The average molecular weight is 191 g/mol. The van der Waals surface area contributed by atoms with Crippen LogP contribution in [0.2, 0.25) is 0 Å². The molecule has 3 heteroatoms. The molecule has 0 saturated carbocycles. The monoisotopic (exact) mass is 191 g/mol. The van der Waals surface area contributed by atoms with Gasteiger partial charge in [0.05, 0.1) is 5.92 Å². The second-order valence-corrected chi connectivity index (χ2v) is 3.61. The van der Waals surface area contributed by atoms with E-state index in [9.17, 15) is 4.79 Å². The van der Waals surface area contributed by atoms with Gasteiger partial charge in [0, 0.05) is 12.2 Å². The van der Waals surface area contributed by atoms with Crippen molar-refractivity contribution in [1.29, 1.82) is 0 Å². The van der Waals surface area contributed by atoms with Gasteiger partial charge in [-0.2, -0.15) is 0 Å². The fraction of sp³-hybridized carbons (Fsp3) is 0.364. The number of rotatable bonds is 2. The van der Waals surface area contributed by atoms with Gasteiger partial charge in [-0.05, 0) is 30.5 Å². The molecule has 1 atom stereocenters. The summed E-state index contributed by atoms with van der Waals surface area (Å²) in [4.78, 5) is 10.9. The molecule has 1 heterocycles. The summed E-state index contributed by atoms with van der Waals surface area (Å²) in [5.41, 5.74) is 3.21. The van der Waals surface area contributed by atoms with Crippen LogP contribution in [0.15, 0.2) is 18.2 Å². The summed E-state index contributed by atoms with van der Waals surface area (Å²) in [6.07, 6.45) is 0.934. The zero-order valence-electron chi connectivity index (χ0n) is 8.08. The number of carboxylic acids is 1. The number of carbonyl (C=O) groups is 1. The fourth-order valence-electron chi connectivity index (χ4n) is 1.91. The lowest BCUT2D eigenvalue weighted by Gasteiger charge is -2.11. The first-order chi connectivity index (χ1) is 6.70. The minimum absolute atomic E-state index is 0.412. The number of hydrogen-bond acceptors (Lipinski definition) is 2. The summed E-state index contributed by atoms with van der Waals surface area (Å²) in [6, 6.07) is 5.82. The highest BCUT2D eigenvalue weighted by atomic mass is 16.4. The largest absolute Gasteiger partial charge is 0.481 e. The molecule has 0 aliphatic carbocycles. The maximum atomic E-state index is 10.9. The van der Waals surface area contributed by atoms with Gasteiger partial charge in [-0.3, -0.25) is 4.79 Å². The number of nitrogens with one attached hydrogen (secondary N) is 1. The predicted molar refractivity (Wildman–Crippen MR) is 54.7 cm³/mol. The van der Waals surface area contributed by atoms with Crippen LogP contribution in [0.4, 0.5) is 5.69 Å². The van der Waals surface area contributed by atoms with E-state index in [0.717, 1.165) is 24.2 Å². The smallest absolute Gasteiger partial charge is 0.310 e. The lowest BCUT2D eigenvalue weighted by atomic mass is 9.94. The molecular formula is C11H13NO2. The summed E-state index contributed by atoms with van der Waals surface area (Å²) in [6.45, 7) is 2.65. The normalized spacial score (nSPS) is 15.8. The molecule has 1 aliphatic rings. The molecule has 1 aromatic carbocycles. The van der Waals surface area contributed by atoms with E-state index in [2.05, 4.69) is 5.32 Å². The number of fused-ring (bicyclic) bond motifs is 1. The van der Waals surface area contributed by atoms with Crippen LogP contribution in [0.3, 0.4) is 0 Å². The second kappa shape index (κ2) is 3.33. The number of carboxylic acid groups (broad SMARTS) is 1. The molecule has 74 valence electrons. The van der Waals surface area contributed by atoms with E-state index in [1.807, 2.05) is 18.2 Å². The molecule has 3 nitrogen and oxygen atoms in total. The Labute approximate surface area is 82.8 Å². The third-order valence-electron chi connectivity index (χ3n) is 2.74. The fourth-order valence-corrected chi connectivity index (χ4v) is 1.91. The van der Waals surface area contributed by atoms with Crippen molar-refractivity contribution in [1.82, 2.24) is 0 Å². The lowest BCUT2D eigenvalue weighted by Crippen LogP contribution is -2.09. The number of anilines is 1. The molecule has 1 unspecified atom stereocenters. The summed E-state index contributed by atoms with van der Waals surface area (Å²) in [7, 11) is 0. The zero-order valence-corrected chi connectivity index (χ0v) is 8.08. The third kappa shape index (κ3) is 1.35. The van der Waals surface area contributed by atoms with Gasteiger partial charge in [-0.1, -0.05) is 12.1 Å². The third-order valence-corrected chi connectivity index (χ3v) is 2.74. The molecule has 0 bridgehead atoms. The SMILES string of the molecule is CC(C(=O)O)c1cccc2c1CCN2. The van der Waals surface area contributed by atoms with Crippen LogP contribution in [0.1, 0.15) is 24.0 Å². The van der Waals surface area contributed by atoms with E-state index < -0.39 is 11.9 Å². The van der Waals surface area contributed by atoms with E-state index in [0.29, 0.717) is 0 Å². The minimum Gasteiger partial charge on any atom is -0.481 e. The Morgan fingerprint density at radius 2 is 2.36 bits per heavy atom. The molecule has 0 spiro atoms. The van der Waals surface area contributed by atoms with Gasteiger partial charge in [0.1, 0.15) is 0 Å². The van der Waals surface area contributed by atoms with Gasteiger partial charge in [0.15, 0.2) is 0 Å². The highest BCUT2D eigenvalue weighted by molar-refractivity contribution is 5.77. The van der Waals surface area contributed by atoms with Crippen molar-refractivity contribution >= 4 is 11.7 Å². The number of hydrogen-bond donors (Lipinski definition) is 2. The van der Waals surface area contributed by atoms with Crippen LogP contribution in [-0.2, 0) is 11.2 Å². The van der Waals surface area contributed by atoms with Crippen LogP contribution in [0, 0.1) is 0 Å². The molecule has 1 aliphatic heterocycles. The molecule has 14 heavy (non-hydrogen) atoms. The minimum atomic E-state index is -0.759. The van der Waals surface area contributed by atoms with Crippen LogP contribution in [0.5, 0.6) is 0 Å². The second-order valence-electron chi connectivity index (χ2n) is 3.61. The van der Waals surface area contributed by atoms with Crippen molar-refractivity contribution in [2.24, 2.45) is 0 Å². The summed E-state index contributed by atoms with van der Waals surface area (Å²) < 4.78 is 0. The molecule has 0 radical (unpaired) electrons. The quantitative estimate of drug-likeness (QED) is 0.750. The van der Waals surface area contributed by atoms with Crippen molar-refractivity contribution in [3.8, 4) is 0 Å². The summed E-state index contributed by atoms with van der Waals surface area (Å²) in [5, 5.41) is 12.2. The Kier molecular flexibility index (Phi) is 2.15. The first-order valence-electron chi connectivity index (χ1n) is 4.78. The molecule has 0 aromatic heterocycles. The Bertz CT molecular complexity index is 374. The standard InChI is InChI=1S/C11H13NO2/c1-7(11(13)14)8-3-2-4-10-9(8)5-6-12-10/h2-4,7,12H,5-6H2,1H3,(H,13,14). The molecule has 0 saturated heterocycles. The first kappa shape index (κ1) is 9.06. The van der Waals surface area contributed by atoms with E-state index >= 15 is 0 Å². The Balaban J connectivity index is 2.44. The molecule has 2 N–H and O–H groups in total. The molecule has 2 rings (SSSR count). The van der Waals surface area contributed by atoms with Crippen molar-refractivity contribution in [2.45, 2.75) is 19.3 Å². The predicted octanol–water partition coefficient (Wildman–Crippen LogP) is 1.84. The van der Waals surface area contributed by atoms with Crippen LogP contribution in [0.25, 0.3) is 0 Å². The van der Waals surface area contributed by atoms with Crippen LogP contribution >= 0.6 is 0 Å². The van der Waals surface area contributed by atoms with Gasteiger partial charge in [0.25, 0.3) is 0 Å². The van der Waals surface area contributed by atoms with Crippen molar-refractivity contribution in [3.63, 3.8) is 0 Å². The first-order valence-corrected chi connectivity index (χ1v) is 4.78. The van der Waals surface area contributed by atoms with Crippen molar-refractivity contribution < 1.29 is 9.90 Å². The topological polar surface area (TPSA) is 49.3 Å². The molecule has 1 aromatic rings. The van der Waals surface area contributed by atoms with Crippen molar-refractivity contribution in [3.05, 3.63) is 29.3 Å². The van der Waals surface area contributed by atoms with Gasteiger partial charge in [-0.15, -0.1) is 0 Å². The molecule has 0 fully saturated rings. The van der Waals surface area contributed by atoms with Crippen LogP contribution < -0.4 is 5.32 Å². The molecule has 0 amide bonds. The number of aliphatic carboxylic acids is 1. The Hall–Kier alpha value is -1.51. The van der Waals surface area contributed by atoms with E-state index in [1.54, 1.807) is 6.92 Å². The highest BCUT2D eigenvalue weighted by Gasteiger charge is 2.21. The summed E-state index contributed by atoms with van der Waals surface area (Å²) in [5.74, 6) is -1.17. The Morgan fingerprint density at radius 1 is 1.57 bits per heavy atom. The van der Waals surface area contributed by atoms with E-state index in [1.165, 1.54) is 5.56 Å². The zero-order chi connectivity index (χ0) is 10.1. The van der Waals surface area contributed by atoms with Gasteiger partial charge < -0.3 is 10.4 Å². The highest BCUT2D eigenvalue weighted by Crippen LogP contribution is 2.30. The molecular weight excluding hydrogens is 178 g/mol. The van der Waals surface area contributed by atoms with Gasteiger partial charge in [-0.25, -0.2) is 0 Å². The number of benzene rings is 1. The Morgan fingerprint density at radius 3 is 3.07 bits per heavy atom.